The maximum atomic E-state index is 12.7. The van der Waals surface area contributed by atoms with Crippen LogP contribution in [0.5, 0.6) is 0 Å². The number of rotatable bonds is 4. The molecule has 25 heavy (non-hydrogen) atoms. The number of hydrogen-bond acceptors (Lipinski definition) is 6. The number of piperidine rings is 1. The predicted octanol–water partition coefficient (Wildman–Crippen LogP) is 1.99. The van der Waals surface area contributed by atoms with Gasteiger partial charge in [0.05, 0.1) is 22.1 Å². The quantitative estimate of drug-likeness (QED) is 0.734. The molecule has 0 bridgehead atoms. The molecule has 0 amide bonds. The monoisotopic (exact) mass is 387 g/mol. The third-order valence-corrected chi connectivity index (χ3v) is 6.47. The Bertz CT molecular complexity index is 788. The van der Waals surface area contributed by atoms with E-state index in [0.717, 1.165) is 19.3 Å². The lowest BCUT2D eigenvalue weighted by Gasteiger charge is -2.26. The Balaban J connectivity index is 1.84. The minimum Gasteiger partial charge on any atom is -0.463 e. The van der Waals surface area contributed by atoms with Crippen molar-refractivity contribution < 1.29 is 27.5 Å². The summed E-state index contributed by atoms with van der Waals surface area (Å²) >= 11 is 6.02. The average Bonchev–Trinajstić information content (AvgIpc) is 3.00. The van der Waals surface area contributed by atoms with Crippen molar-refractivity contribution >= 4 is 33.6 Å². The molecule has 2 fully saturated rings. The highest BCUT2D eigenvalue weighted by Gasteiger charge is 2.32. The molecular weight excluding hydrogens is 370 g/mol. The normalized spacial score (nSPS) is 21.8. The van der Waals surface area contributed by atoms with E-state index in [1.807, 2.05) is 0 Å². The highest BCUT2D eigenvalue weighted by atomic mass is 35.5. The topological polar surface area (TPSA) is 90.0 Å². The van der Waals surface area contributed by atoms with Gasteiger partial charge >= 0.3 is 11.9 Å². The van der Waals surface area contributed by atoms with Crippen molar-refractivity contribution in [1.82, 2.24) is 4.31 Å². The summed E-state index contributed by atoms with van der Waals surface area (Å²) < 4.78 is 36.7. The van der Waals surface area contributed by atoms with Gasteiger partial charge in [-0.1, -0.05) is 18.0 Å². The van der Waals surface area contributed by atoms with Crippen molar-refractivity contribution in [3.05, 3.63) is 28.8 Å². The minimum atomic E-state index is -3.70. The minimum absolute atomic E-state index is 0.0141. The highest BCUT2D eigenvalue weighted by molar-refractivity contribution is 7.89. The molecule has 9 heteroatoms. The van der Waals surface area contributed by atoms with E-state index >= 15 is 0 Å². The SMILES string of the molecule is O=C(OC1CCOC1=O)c1cc(S(=O)(=O)N2CCCCC2)ccc1Cl. The Morgan fingerprint density at radius 2 is 1.96 bits per heavy atom. The van der Waals surface area contributed by atoms with Crippen LogP contribution < -0.4 is 0 Å². The number of ether oxygens (including phenoxy) is 2. The van der Waals surface area contributed by atoms with Gasteiger partial charge in [-0.05, 0) is 31.0 Å². The van der Waals surface area contributed by atoms with Gasteiger partial charge in [0, 0.05) is 19.5 Å². The van der Waals surface area contributed by atoms with Gasteiger partial charge < -0.3 is 9.47 Å². The van der Waals surface area contributed by atoms with E-state index in [9.17, 15) is 18.0 Å². The van der Waals surface area contributed by atoms with E-state index < -0.39 is 28.1 Å². The van der Waals surface area contributed by atoms with Crippen molar-refractivity contribution in [1.29, 1.82) is 0 Å². The molecule has 0 aromatic heterocycles. The van der Waals surface area contributed by atoms with Crippen molar-refractivity contribution in [2.45, 2.75) is 36.7 Å². The Morgan fingerprint density at radius 3 is 2.60 bits per heavy atom. The zero-order valence-corrected chi connectivity index (χ0v) is 15.0. The third-order valence-electron chi connectivity index (χ3n) is 4.25. The largest absolute Gasteiger partial charge is 0.463 e. The van der Waals surface area contributed by atoms with Crippen molar-refractivity contribution in [2.24, 2.45) is 0 Å². The number of sulfonamides is 1. The van der Waals surface area contributed by atoms with Gasteiger partial charge in [-0.15, -0.1) is 0 Å². The molecule has 0 N–H and O–H groups in total. The molecule has 7 nitrogen and oxygen atoms in total. The van der Waals surface area contributed by atoms with Crippen molar-refractivity contribution in [2.75, 3.05) is 19.7 Å². The Morgan fingerprint density at radius 1 is 1.24 bits per heavy atom. The number of nitrogens with zero attached hydrogens (tertiary/aromatic N) is 1. The number of esters is 2. The first-order valence-corrected chi connectivity index (χ1v) is 9.89. The molecule has 0 aliphatic carbocycles. The number of halogens is 1. The van der Waals surface area contributed by atoms with Crippen molar-refractivity contribution in [3.63, 3.8) is 0 Å². The fourth-order valence-corrected chi connectivity index (χ4v) is 4.59. The van der Waals surface area contributed by atoms with Gasteiger partial charge in [0.15, 0.2) is 0 Å². The van der Waals surface area contributed by atoms with Gasteiger partial charge in [0.25, 0.3) is 0 Å². The summed E-state index contributed by atoms with van der Waals surface area (Å²) in [6, 6.07) is 3.92. The lowest BCUT2D eigenvalue weighted by molar-refractivity contribution is -0.145. The molecule has 1 aromatic carbocycles. The fraction of sp³-hybridized carbons (Fsp3) is 0.500. The molecule has 2 heterocycles. The number of cyclic esters (lactones) is 1. The van der Waals surface area contributed by atoms with Crippen LogP contribution in [0.25, 0.3) is 0 Å². The second kappa shape index (κ2) is 7.31. The van der Waals surface area contributed by atoms with Gasteiger partial charge in [0.1, 0.15) is 0 Å². The summed E-state index contributed by atoms with van der Waals surface area (Å²) in [5, 5.41) is 0.0639. The van der Waals surface area contributed by atoms with E-state index in [4.69, 9.17) is 21.1 Å². The molecular formula is C16H18ClNO6S. The van der Waals surface area contributed by atoms with Crippen LogP contribution in [0.2, 0.25) is 5.02 Å². The van der Waals surface area contributed by atoms with E-state index in [1.54, 1.807) is 0 Å². The molecule has 0 spiro atoms. The molecule has 1 unspecified atom stereocenters. The zero-order chi connectivity index (χ0) is 18.0. The van der Waals surface area contributed by atoms with Crippen LogP contribution in [0.1, 0.15) is 36.0 Å². The van der Waals surface area contributed by atoms with Crippen LogP contribution >= 0.6 is 11.6 Å². The van der Waals surface area contributed by atoms with E-state index in [2.05, 4.69) is 0 Å². The Kier molecular flexibility index (Phi) is 5.31. The molecule has 3 rings (SSSR count). The van der Waals surface area contributed by atoms with Gasteiger partial charge in [-0.3, -0.25) is 0 Å². The maximum absolute atomic E-state index is 12.7. The van der Waals surface area contributed by atoms with Gasteiger partial charge in [-0.2, -0.15) is 4.31 Å². The second-order valence-corrected chi connectivity index (χ2v) is 8.30. The Labute approximate surface area is 150 Å². The fourth-order valence-electron chi connectivity index (χ4n) is 2.85. The smallest absolute Gasteiger partial charge is 0.347 e. The summed E-state index contributed by atoms with van der Waals surface area (Å²) in [6.07, 6.45) is 1.91. The number of hydrogen-bond donors (Lipinski definition) is 0. The lowest BCUT2D eigenvalue weighted by atomic mass is 10.2. The third kappa shape index (κ3) is 3.80. The molecule has 2 aliphatic heterocycles. The van der Waals surface area contributed by atoms with Crippen LogP contribution in [0, 0.1) is 0 Å². The molecule has 2 saturated heterocycles. The first kappa shape index (κ1) is 18.2. The van der Waals surface area contributed by atoms with Crippen LogP contribution in [-0.4, -0.2) is 50.5 Å². The molecule has 0 saturated carbocycles. The molecule has 1 atom stereocenters. The summed E-state index contributed by atoms with van der Waals surface area (Å²) in [5.41, 5.74) is -0.0838. The number of benzene rings is 1. The highest BCUT2D eigenvalue weighted by Crippen LogP contribution is 2.26. The standard InChI is InChI=1S/C16H18ClNO6S/c17-13-5-4-11(25(21,22)18-7-2-1-3-8-18)10-12(13)15(19)24-14-6-9-23-16(14)20/h4-5,10,14H,1-3,6-9H2. The first-order chi connectivity index (χ1) is 11.9. The summed E-state index contributed by atoms with van der Waals surface area (Å²) in [4.78, 5) is 23.7. The van der Waals surface area contributed by atoms with Gasteiger partial charge in [-0.25, -0.2) is 18.0 Å². The average molecular weight is 388 g/mol. The van der Waals surface area contributed by atoms with Gasteiger partial charge in [0.2, 0.25) is 16.1 Å². The van der Waals surface area contributed by atoms with Crippen LogP contribution in [-0.2, 0) is 24.3 Å². The molecule has 136 valence electrons. The number of carbonyl (C=O) groups excluding carboxylic acids is 2. The number of carbonyl (C=O) groups is 2. The summed E-state index contributed by atoms with van der Waals surface area (Å²) in [5.74, 6) is -1.45. The van der Waals surface area contributed by atoms with E-state index in [1.165, 1.54) is 22.5 Å². The van der Waals surface area contributed by atoms with E-state index in [0.29, 0.717) is 13.1 Å². The lowest BCUT2D eigenvalue weighted by Crippen LogP contribution is -2.35. The van der Waals surface area contributed by atoms with Crippen LogP contribution in [0.3, 0.4) is 0 Å². The second-order valence-electron chi connectivity index (χ2n) is 5.96. The maximum Gasteiger partial charge on any atom is 0.347 e. The molecule has 1 aromatic rings. The molecule has 2 aliphatic rings. The predicted molar refractivity (Wildman–Crippen MR) is 88.8 cm³/mol. The molecule has 0 radical (unpaired) electrons. The first-order valence-electron chi connectivity index (χ1n) is 8.07. The zero-order valence-electron chi connectivity index (χ0n) is 13.4. The summed E-state index contributed by atoms with van der Waals surface area (Å²) in [7, 11) is -3.70. The van der Waals surface area contributed by atoms with Crippen LogP contribution in [0.15, 0.2) is 23.1 Å². The van der Waals surface area contributed by atoms with E-state index in [-0.39, 0.29) is 28.5 Å². The summed E-state index contributed by atoms with van der Waals surface area (Å²) in [6.45, 7) is 1.10. The van der Waals surface area contributed by atoms with Crippen LogP contribution in [0.4, 0.5) is 0 Å². The Hall–Kier alpha value is -1.64. The van der Waals surface area contributed by atoms with Crippen molar-refractivity contribution in [3.8, 4) is 0 Å².